The van der Waals surface area contributed by atoms with Crippen molar-refractivity contribution >= 4 is 17.5 Å². The van der Waals surface area contributed by atoms with Gasteiger partial charge in [-0.25, -0.2) is 0 Å². The molecular weight excluding hydrogens is 200 g/mol. The Kier molecular flexibility index (Phi) is 3.92. The quantitative estimate of drug-likeness (QED) is 0.789. The van der Waals surface area contributed by atoms with E-state index in [2.05, 4.69) is 5.32 Å². The van der Waals surface area contributed by atoms with Gasteiger partial charge in [0.15, 0.2) is 0 Å². The number of benzene rings is 1. The molecule has 0 heterocycles. The Hall–Kier alpha value is -1.06. The molecule has 0 aromatic heterocycles. The van der Waals surface area contributed by atoms with Crippen LogP contribution in [0.15, 0.2) is 24.3 Å². The van der Waals surface area contributed by atoms with Crippen LogP contribution in [0.25, 0.3) is 0 Å². The highest BCUT2D eigenvalue weighted by Crippen LogP contribution is 2.17. The third-order valence-corrected chi connectivity index (χ3v) is 2.32. The van der Waals surface area contributed by atoms with E-state index in [9.17, 15) is 4.79 Å². The van der Waals surface area contributed by atoms with Crippen molar-refractivity contribution < 1.29 is 4.79 Å². The van der Waals surface area contributed by atoms with Crippen molar-refractivity contribution in [1.82, 2.24) is 5.32 Å². The molecule has 0 fully saturated rings. The van der Waals surface area contributed by atoms with Gasteiger partial charge in [0.1, 0.15) is 0 Å². The minimum atomic E-state index is -0.294. The summed E-state index contributed by atoms with van der Waals surface area (Å²) in [6.07, 6.45) is 0. The Labute approximate surface area is 88.2 Å². The molecule has 3 N–H and O–H groups in total. The van der Waals surface area contributed by atoms with Crippen LogP contribution in [0.5, 0.6) is 0 Å². The molecule has 1 amide bonds. The van der Waals surface area contributed by atoms with Crippen LogP contribution >= 0.6 is 11.6 Å². The van der Waals surface area contributed by atoms with Crippen molar-refractivity contribution in [3.05, 3.63) is 34.9 Å². The lowest BCUT2D eigenvalue weighted by molar-refractivity contribution is -0.121. The summed E-state index contributed by atoms with van der Waals surface area (Å²) in [4.78, 5) is 11.4. The minimum Gasteiger partial charge on any atom is -0.359 e. The monoisotopic (exact) mass is 212 g/mol. The zero-order valence-corrected chi connectivity index (χ0v) is 8.71. The first kappa shape index (κ1) is 11.0. The van der Waals surface area contributed by atoms with Crippen LogP contribution in [-0.4, -0.2) is 19.5 Å². The van der Waals surface area contributed by atoms with Crippen LogP contribution in [0.2, 0.25) is 5.02 Å². The fraction of sp³-hybridized carbons (Fsp3) is 0.300. The smallest absolute Gasteiger partial charge is 0.228 e. The highest BCUT2D eigenvalue weighted by molar-refractivity contribution is 6.30. The third kappa shape index (κ3) is 2.47. The first-order valence-corrected chi connectivity index (χ1v) is 4.74. The van der Waals surface area contributed by atoms with Crippen LogP contribution in [0.4, 0.5) is 0 Å². The molecule has 0 radical (unpaired) electrons. The summed E-state index contributed by atoms with van der Waals surface area (Å²) in [5.74, 6) is -0.368. The number of amides is 1. The summed E-state index contributed by atoms with van der Waals surface area (Å²) >= 11 is 5.74. The SMILES string of the molecule is CNC(=O)[C@H](CN)c1ccc(Cl)cc1. The maximum atomic E-state index is 11.4. The summed E-state index contributed by atoms with van der Waals surface area (Å²) in [5.41, 5.74) is 6.41. The van der Waals surface area contributed by atoms with Crippen LogP contribution in [0, 0.1) is 0 Å². The van der Waals surface area contributed by atoms with Crippen LogP contribution in [0.3, 0.4) is 0 Å². The minimum absolute atomic E-state index is 0.0742. The molecular formula is C10H13ClN2O. The molecule has 1 aromatic rings. The standard InChI is InChI=1S/C10H13ClN2O/c1-13-10(14)9(6-12)7-2-4-8(11)5-3-7/h2-5,9H,6,12H2,1H3,(H,13,14)/t9-/m1/s1. The van der Waals surface area contributed by atoms with Crippen LogP contribution < -0.4 is 11.1 Å². The molecule has 0 saturated heterocycles. The molecule has 1 aromatic carbocycles. The Bertz CT molecular complexity index is 310. The summed E-state index contributed by atoms with van der Waals surface area (Å²) in [5, 5.41) is 3.23. The van der Waals surface area contributed by atoms with E-state index in [0.717, 1.165) is 5.56 Å². The zero-order valence-electron chi connectivity index (χ0n) is 7.96. The Morgan fingerprint density at radius 2 is 2.07 bits per heavy atom. The van der Waals surface area contributed by atoms with Gasteiger partial charge in [-0.05, 0) is 17.7 Å². The molecule has 76 valence electrons. The third-order valence-electron chi connectivity index (χ3n) is 2.07. The van der Waals surface area contributed by atoms with Crippen molar-refractivity contribution in [2.24, 2.45) is 5.73 Å². The van der Waals surface area contributed by atoms with Gasteiger partial charge in [0.25, 0.3) is 0 Å². The molecule has 0 saturated carbocycles. The Morgan fingerprint density at radius 1 is 1.50 bits per heavy atom. The van der Waals surface area contributed by atoms with Crippen LogP contribution in [0.1, 0.15) is 11.5 Å². The number of nitrogens with one attached hydrogen (secondary N) is 1. The summed E-state index contributed by atoms with van der Waals surface area (Å²) in [6, 6.07) is 7.13. The van der Waals surface area contributed by atoms with Gasteiger partial charge >= 0.3 is 0 Å². The number of hydrogen-bond donors (Lipinski definition) is 2. The highest BCUT2D eigenvalue weighted by atomic mass is 35.5. The Morgan fingerprint density at radius 3 is 2.50 bits per heavy atom. The molecule has 3 nitrogen and oxygen atoms in total. The van der Waals surface area contributed by atoms with E-state index in [-0.39, 0.29) is 11.8 Å². The second-order valence-electron chi connectivity index (χ2n) is 2.95. The van der Waals surface area contributed by atoms with Gasteiger partial charge in [0, 0.05) is 18.6 Å². The molecule has 0 spiro atoms. The van der Waals surface area contributed by atoms with Gasteiger partial charge in [-0.1, -0.05) is 23.7 Å². The number of rotatable bonds is 3. The van der Waals surface area contributed by atoms with E-state index >= 15 is 0 Å². The second kappa shape index (κ2) is 4.98. The number of likely N-dealkylation sites (N-methyl/N-ethyl adjacent to an activating group) is 1. The molecule has 0 aliphatic heterocycles. The first-order chi connectivity index (χ1) is 6.69. The average Bonchev–Trinajstić information content (AvgIpc) is 2.21. The van der Waals surface area contributed by atoms with Crippen molar-refractivity contribution in [3.8, 4) is 0 Å². The predicted molar refractivity (Wildman–Crippen MR) is 57.3 cm³/mol. The highest BCUT2D eigenvalue weighted by Gasteiger charge is 2.16. The van der Waals surface area contributed by atoms with E-state index in [1.165, 1.54) is 0 Å². The first-order valence-electron chi connectivity index (χ1n) is 4.36. The average molecular weight is 213 g/mol. The molecule has 1 rings (SSSR count). The molecule has 4 heteroatoms. The largest absolute Gasteiger partial charge is 0.359 e. The topological polar surface area (TPSA) is 55.1 Å². The van der Waals surface area contributed by atoms with Gasteiger partial charge in [0.05, 0.1) is 5.92 Å². The molecule has 0 bridgehead atoms. The summed E-state index contributed by atoms with van der Waals surface area (Å²) < 4.78 is 0. The van der Waals surface area contributed by atoms with Crippen molar-refractivity contribution in [2.75, 3.05) is 13.6 Å². The lowest BCUT2D eigenvalue weighted by Gasteiger charge is -2.13. The van der Waals surface area contributed by atoms with Crippen LogP contribution in [-0.2, 0) is 4.79 Å². The predicted octanol–water partition coefficient (Wildman–Crippen LogP) is 1.13. The van der Waals surface area contributed by atoms with Crippen molar-refractivity contribution in [3.63, 3.8) is 0 Å². The van der Waals surface area contributed by atoms with Gasteiger partial charge in [-0.3, -0.25) is 4.79 Å². The fourth-order valence-corrected chi connectivity index (χ4v) is 1.39. The molecule has 14 heavy (non-hydrogen) atoms. The number of hydrogen-bond acceptors (Lipinski definition) is 2. The van der Waals surface area contributed by atoms with Crippen molar-refractivity contribution in [1.29, 1.82) is 0 Å². The number of carbonyl (C=O) groups excluding carboxylic acids is 1. The van der Waals surface area contributed by atoms with Crippen molar-refractivity contribution in [2.45, 2.75) is 5.92 Å². The van der Waals surface area contributed by atoms with E-state index in [4.69, 9.17) is 17.3 Å². The lowest BCUT2D eigenvalue weighted by atomic mass is 9.99. The van der Waals surface area contributed by atoms with E-state index in [0.29, 0.717) is 11.6 Å². The molecule has 1 atom stereocenters. The van der Waals surface area contributed by atoms with E-state index in [1.807, 2.05) is 12.1 Å². The van der Waals surface area contributed by atoms with Gasteiger partial charge < -0.3 is 11.1 Å². The second-order valence-corrected chi connectivity index (χ2v) is 3.39. The molecule has 0 aliphatic rings. The van der Waals surface area contributed by atoms with E-state index < -0.39 is 0 Å². The molecule has 0 unspecified atom stereocenters. The Balaban J connectivity index is 2.89. The molecule has 0 aliphatic carbocycles. The van der Waals surface area contributed by atoms with Gasteiger partial charge in [-0.2, -0.15) is 0 Å². The number of nitrogens with two attached hydrogens (primary N) is 1. The zero-order chi connectivity index (χ0) is 10.6. The van der Waals surface area contributed by atoms with Gasteiger partial charge in [-0.15, -0.1) is 0 Å². The summed E-state index contributed by atoms with van der Waals surface area (Å²) in [7, 11) is 1.60. The maximum absolute atomic E-state index is 11.4. The normalized spacial score (nSPS) is 12.2. The fourth-order valence-electron chi connectivity index (χ4n) is 1.26. The van der Waals surface area contributed by atoms with E-state index in [1.54, 1.807) is 19.2 Å². The summed E-state index contributed by atoms with van der Waals surface area (Å²) in [6.45, 7) is 0.293. The lowest BCUT2D eigenvalue weighted by Crippen LogP contribution is -2.30. The number of carbonyl (C=O) groups is 1. The number of halogens is 1. The maximum Gasteiger partial charge on any atom is 0.228 e. The van der Waals surface area contributed by atoms with Gasteiger partial charge in [0.2, 0.25) is 5.91 Å².